The van der Waals surface area contributed by atoms with Gasteiger partial charge in [0.05, 0.1) is 6.54 Å². The summed E-state index contributed by atoms with van der Waals surface area (Å²) >= 11 is 0. The first kappa shape index (κ1) is 13.6. The lowest BCUT2D eigenvalue weighted by Crippen LogP contribution is -2.52. The number of carbonyl (C=O) groups excluding carboxylic acids is 1. The molecule has 0 radical (unpaired) electrons. The highest BCUT2D eigenvalue weighted by atomic mass is 16.4. The van der Waals surface area contributed by atoms with Crippen LogP contribution in [0.2, 0.25) is 0 Å². The summed E-state index contributed by atoms with van der Waals surface area (Å²) in [4.78, 5) is 22.0. The van der Waals surface area contributed by atoms with Crippen LogP contribution >= 0.6 is 0 Å². The number of hydrogen-bond acceptors (Lipinski definition) is 3. The van der Waals surface area contributed by atoms with E-state index in [-0.39, 0.29) is 12.5 Å². The Balaban J connectivity index is 4.06. The molecule has 5 nitrogen and oxygen atoms in total. The SMILES string of the molecule is C=CCNC(=O)CNC(C)(CC)C(=O)O. The predicted molar refractivity (Wildman–Crippen MR) is 57.5 cm³/mol. The molecule has 0 aromatic rings. The number of carboxylic acids is 1. The zero-order valence-corrected chi connectivity index (χ0v) is 9.17. The Morgan fingerprint density at radius 1 is 1.53 bits per heavy atom. The summed E-state index contributed by atoms with van der Waals surface area (Å²) in [5.74, 6) is -1.20. The van der Waals surface area contributed by atoms with Gasteiger partial charge < -0.3 is 10.4 Å². The fourth-order valence-corrected chi connectivity index (χ4v) is 0.876. The smallest absolute Gasteiger partial charge is 0.323 e. The van der Waals surface area contributed by atoms with Crippen molar-refractivity contribution in [3.8, 4) is 0 Å². The standard InChI is InChI=1S/C10H18N2O3/c1-4-6-11-8(13)7-12-10(3,5-2)9(14)15/h4,12H,1,5-7H2,2-3H3,(H,11,13)(H,14,15). The van der Waals surface area contributed by atoms with Gasteiger partial charge in [0, 0.05) is 6.54 Å². The second-order valence-electron chi connectivity index (χ2n) is 3.44. The molecule has 0 fully saturated rings. The van der Waals surface area contributed by atoms with E-state index in [2.05, 4.69) is 17.2 Å². The van der Waals surface area contributed by atoms with E-state index >= 15 is 0 Å². The molecule has 0 aliphatic heterocycles. The van der Waals surface area contributed by atoms with E-state index in [0.29, 0.717) is 13.0 Å². The zero-order valence-electron chi connectivity index (χ0n) is 9.17. The van der Waals surface area contributed by atoms with Crippen molar-refractivity contribution in [1.82, 2.24) is 10.6 Å². The first-order valence-electron chi connectivity index (χ1n) is 4.82. The van der Waals surface area contributed by atoms with Crippen molar-refractivity contribution in [2.45, 2.75) is 25.8 Å². The molecule has 86 valence electrons. The first-order chi connectivity index (χ1) is 6.96. The second-order valence-corrected chi connectivity index (χ2v) is 3.44. The van der Waals surface area contributed by atoms with Crippen LogP contribution in [-0.4, -0.2) is 35.6 Å². The highest BCUT2D eigenvalue weighted by Crippen LogP contribution is 2.08. The molecule has 0 spiro atoms. The van der Waals surface area contributed by atoms with Gasteiger partial charge in [0.25, 0.3) is 0 Å². The minimum atomic E-state index is -1.05. The maximum absolute atomic E-state index is 11.2. The third-order valence-corrected chi connectivity index (χ3v) is 2.26. The van der Waals surface area contributed by atoms with Crippen LogP contribution < -0.4 is 10.6 Å². The fraction of sp³-hybridized carbons (Fsp3) is 0.600. The van der Waals surface area contributed by atoms with E-state index in [1.807, 2.05) is 0 Å². The van der Waals surface area contributed by atoms with Crippen LogP contribution in [0.3, 0.4) is 0 Å². The van der Waals surface area contributed by atoms with Gasteiger partial charge in [0.15, 0.2) is 0 Å². The summed E-state index contributed by atoms with van der Waals surface area (Å²) in [6.45, 7) is 7.14. The average molecular weight is 214 g/mol. The minimum Gasteiger partial charge on any atom is -0.480 e. The Kier molecular flexibility index (Phi) is 5.62. The Morgan fingerprint density at radius 3 is 2.53 bits per heavy atom. The Hall–Kier alpha value is -1.36. The highest BCUT2D eigenvalue weighted by Gasteiger charge is 2.30. The van der Waals surface area contributed by atoms with Gasteiger partial charge in [-0.15, -0.1) is 6.58 Å². The van der Waals surface area contributed by atoms with Crippen LogP contribution in [0.4, 0.5) is 0 Å². The van der Waals surface area contributed by atoms with Gasteiger partial charge >= 0.3 is 5.97 Å². The monoisotopic (exact) mass is 214 g/mol. The molecule has 0 bridgehead atoms. The maximum atomic E-state index is 11.2. The molecule has 15 heavy (non-hydrogen) atoms. The molecule has 0 rings (SSSR count). The van der Waals surface area contributed by atoms with Crippen molar-refractivity contribution < 1.29 is 14.7 Å². The van der Waals surface area contributed by atoms with Crippen molar-refractivity contribution >= 4 is 11.9 Å². The third-order valence-electron chi connectivity index (χ3n) is 2.26. The summed E-state index contributed by atoms with van der Waals surface area (Å²) in [5, 5.41) is 14.2. The number of hydrogen-bond donors (Lipinski definition) is 3. The van der Waals surface area contributed by atoms with E-state index in [9.17, 15) is 9.59 Å². The molecule has 1 unspecified atom stereocenters. The molecule has 3 N–H and O–H groups in total. The van der Waals surface area contributed by atoms with Crippen molar-refractivity contribution in [3.63, 3.8) is 0 Å². The van der Waals surface area contributed by atoms with Gasteiger partial charge in [-0.05, 0) is 13.3 Å². The zero-order chi connectivity index (χ0) is 11.9. The largest absolute Gasteiger partial charge is 0.480 e. The quantitative estimate of drug-likeness (QED) is 0.526. The Bertz CT molecular complexity index is 253. The third kappa shape index (κ3) is 4.60. The predicted octanol–water partition coefficient (Wildman–Crippen LogP) is 0.131. The van der Waals surface area contributed by atoms with Crippen LogP contribution in [0, 0.1) is 0 Å². The number of nitrogens with one attached hydrogen (secondary N) is 2. The molecular formula is C10H18N2O3. The summed E-state index contributed by atoms with van der Waals surface area (Å²) in [5.41, 5.74) is -1.05. The lowest BCUT2D eigenvalue weighted by Gasteiger charge is -2.24. The van der Waals surface area contributed by atoms with E-state index in [0.717, 1.165) is 0 Å². The van der Waals surface area contributed by atoms with Crippen LogP contribution in [0.15, 0.2) is 12.7 Å². The molecule has 0 aromatic heterocycles. The van der Waals surface area contributed by atoms with E-state index < -0.39 is 11.5 Å². The van der Waals surface area contributed by atoms with Crippen LogP contribution in [-0.2, 0) is 9.59 Å². The van der Waals surface area contributed by atoms with Gasteiger partial charge in [-0.3, -0.25) is 14.9 Å². The normalized spacial score (nSPS) is 14.0. The maximum Gasteiger partial charge on any atom is 0.323 e. The van der Waals surface area contributed by atoms with Crippen LogP contribution in [0.5, 0.6) is 0 Å². The molecule has 0 aliphatic carbocycles. The fourth-order valence-electron chi connectivity index (χ4n) is 0.876. The number of aliphatic carboxylic acids is 1. The van der Waals surface area contributed by atoms with Gasteiger partial charge in [-0.2, -0.15) is 0 Å². The molecule has 0 saturated carbocycles. The highest BCUT2D eigenvalue weighted by molar-refractivity contribution is 5.81. The number of rotatable bonds is 7. The van der Waals surface area contributed by atoms with Crippen molar-refractivity contribution in [3.05, 3.63) is 12.7 Å². The summed E-state index contributed by atoms with van der Waals surface area (Å²) in [6, 6.07) is 0. The average Bonchev–Trinajstić information content (AvgIpc) is 2.22. The molecule has 5 heteroatoms. The lowest BCUT2D eigenvalue weighted by atomic mass is 9.99. The molecule has 0 aliphatic rings. The summed E-state index contributed by atoms with van der Waals surface area (Å²) < 4.78 is 0. The minimum absolute atomic E-state index is 0.00944. The molecule has 0 aromatic carbocycles. The Labute approximate surface area is 89.6 Å². The van der Waals surface area contributed by atoms with Crippen molar-refractivity contribution in [2.24, 2.45) is 0 Å². The van der Waals surface area contributed by atoms with Crippen molar-refractivity contribution in [2.75, 3.05) is 13.1 Å². The van der Waals surface area contributed by atoms with E-state index in [4.69, 9.17) is 5.11 Å². The molecule has 0 saturated heterocycles. The number of carboxylic acid groups (broad SMARTS) is 1. The Morgan fingerprint density at radius 2 is 2.13 bits per heavy atom. The molecular weight excluding hydrogens is 196 g/mol. The van der Waals surface area contributed by atoms with Crippen LogP contribution in [0.25, 0.3) is 0 Å². The topological polar surface area (TPSA) is 78.4 Å². The number of amides is 1. The molecule has 1 atom stereocenters. The van der Waals surface area contributed by atoms with Crippen molar-refractivity contribution in [1.29, 1.82) is 0 Å². The van der Waals surface area contributed by atoms with E-state index in [1.54, 1.807) is 19.9 Å². The summed E-state index contributed by atoms with van der Waals surface area (Å²) in [7, 11) is 0. The first-order valence-corrected chi connectivity index (χ1v) is 4.82. The van der Waals surface area contributed by atoms with Gasteiger partial charge in [-0.1, -0.05) is 13.0 Å². The summed E-state index contributed by atoms with van der Waals surface area (Å²) in [6.07, 6.45) is 1.98. The van der Waals surface area contributed by atoms with Gasteiger partial charge in [0.2, 0.25) is 5.91 Å². The second kappa shape index (κ2) is 6.19. The number of carbonyl (C=O) groups is 2. The lowest BCUT2D eigenvalue weighted by molar-refractivity contribution is -0.144. The van der Waals surface area contributed by atoms with E-state index in [1.165, 1.54) is 0 Å². The van der Waals surface area contributed by atoms with Gasteiger partial charge in [0.1, 0.15) is 5.54 Å². The van der Waals surface area contributed by atoms with Crippen LogP contribution in [0.1, 0.15) is 20.3 Å². The molecule has 1 amide bonds. The van der Waals surface area contributed by atoms with Gasteiger partial charge in [-0.25, -0.2) is 0 Å². The molecule has 0 heterocycles.